The van der Waals surface area contributed by atoms with Crippen LogP contribution in [0.15, 0.2) is 60.7 Å². The third-order valence-electron chi connectivity index (χ3n) is 4.32. The van der Waals surface area contributed by atoms with Crippen LogP contribution in [0.4, 0.5) is 9.59 Å². The maximum absolute atomic E-state index is 12.7. The summed E-state index contributed by atoms with van der Waals surface area (Å²) >= 11 is 0. The van der Waals surface area contributed by atoms with Crippen LogP contribution in [0.5, 0.6) is 0 Å². The predicted molar refractivity (Wildman–Crippen MR) is 114 cm³/mol. The van der Waals surface area contributed by atoms with E-state index in [9.17, 15) is 14.4 Å². The largest absolute Gasteiger partial charge is 0.444 e. The highest BCUT2D eigenvalue weighted by molar-refractivity contribution is 6.03. The molecule has 9 nitrogen and oxygen atoms in total. The maximum atomic E-state index is 12.7. The summed E-state index contributed by atoms with van der Waals surface area (Å²) in [6.07, 6.45) is -1.67. The van der Waals surface area contributed by atoms with E-state index in [4.69, 9.17) is 14.9 Å². The Kier molecular flexibility index (Phi) is 9.03. The van der Waals surface area contributed by atoms with Gasteiger partial charge in [0.15, 0.2) is 0 Å². The molecule has 3 N–H and O–H groups in total. The molecule has 0 aliphatic carbocycles. The van der Waals surface area contributed by atoms with Gasteiger partial charge in [0.2, 0.25) is 11.9 Å². The summed E-state index contributed by atoms with van der Waals surface area (Å²) in [6, 6.07) is 16.9. The standard InChI is InChI=1S/C22H26N4O5/c1-3-18(19(27)24-2)26(22(29)31-15-17-12-8-5-9-13-17)20(23)25-21(28)30-14-16-10-6-4-7-11-16/h4-13,18H,3,14-15H2,1-2H3,(H,24,27)(H2,23,25,28). The van der Waals surface area contributed by atoms with Crippen LogP contribution in [0.25, 0.3) is 0 Å². The number of carbonyl (C=O) groups excluding carboxylic acids is 3. The fourth-order valence-electron chi connectivity index (χ4n) is 2.73. The molecule has 0 fully saturated rings. The second-order valence-electron chi connectivity index (χ2n) is 6.48. The number of carbonyl (C=O) groups is 3. The zero-order chi connectivity index (χ0) is 22.6. The van der Waals surface area contributed by atoms with Gasteiger partial charge in [-0.1, -0.05) is 67.6 Å². The zero-order valence-corrected chi connectivity index (χ0v) is 17.5. The molecule has 0 heterocycles. The van der Waals surface area contributed by atoms with Gasteiger partial charge in [0.25, 0.3) is 0 Å². The van der Waals surface area contributed by atoms with E-state index >= 15 is 0 Å². The van der Waals surface area contributed by atoms with Crippen LogP contribution in [0.3, 0.4) is 0 Å². The lowest BCUT2D eigenvalue weighted by molar-refractivity contribution is -0.124. The van der Waals surface area contributed by atoms with Crippen LogP contribution in [0.2, 0.25) is 0 Å². The lowest BCUT2D eigenvalue weighted by Crippen LogP contribution is -2.56. The number of alkyl carbamates (subject to hydrolysis) is 1. The molecule has 2 rings (SSSR count). The molecule has 0 spiro atoms. The van der Waals surface area contributed by atoms with Gasteiger partial charge in [-0.2, -0.15) is 0 Å². The third kappa shape index (κ3) is 7.14. The number of benzene rings is 2. The summed E-state index contributed by atoms with van der Waals surface area (Å²) in [7, 11) is 1.42. The maximum Gasteiger partial charge on any atom is 0.417 e. The number of likely N-dealkylation sites (N-methyl/N-ethyl adjacent to an activating group) is 1. The number of rotatable bonds is 7. The van der Waals surface area contributed by atoms with E-state index < -0.39 is 30.1 Å². The number of hydrogen-bond donors (Lipinski definition) is 3. The molecule has 9 heteroatoms. The lowest BCUT2D eigenvalue weighted by atomic mass is 10.2. The summed E-state index contributed by atoms with van der Waals surface area (Å²) in [5.41, 5.74) is 1.51. The molecule has 31 heavy (non-hydrogen) atoms. The number of nitrogens with one attached hydrogen (secondary N) is 3. The van der Waals surface area contributed by atoms with E-state index in [-0.39, 0.29) is 19.6 Å². The van der Waals surface area contributed by atoms with Crippen molar-refractivity contribution in [3.63, 3.8) is 0 Å². The van der Waals surface area contributed by atoms with Gasteiger partial charge < -0.3 is 14.8 Å². The molecular weight excluding hydrogens is 400 g/mol. The average molecular weight is 426 g/mol. The van der Waals surface area contributed by atoms with Crippen LogP contribution in [0.1, 0.15) is 24.5 Å². The summed E-state index contributed by atoms with van der Waals surface area (Å²) in [4.78, 5) is 37.9. The first-order valence-corrected chi connectivity index (χ1v) is 9.74. The Labute approximate surface area is 180 Å². The highest BCUT2D eigenvalue weighted by Gasteiger charge is 2.33. The molecule has 1 atom stereocenters. The van der Waals surface area contributed by atoms with Crippen molar-refractivity contribution in [1.29, 1.82) is 5.41 Å². The molecule has 2 aromatic rings. The monoisotopic (exact) mass is 426 g/mol. The number of guanidine groups is 1. The van der Waals surface area contributed by atoms with Crippen LogP contribution >= 0.6 is 0 Å². The number of ether oxygens (including phenoxy) is 2. The minimum absolute atomic E-state index is 0.00887. The molecular formula is C22H26N4O5. The van der Waals surface area contributed by atoms with E-state index in [1.54, 1.807) is 55.5 Å². The number of amides is 3. The number of nitrogens with zero attached hydrogens (tertiary/aromatic N) is 1. The SMILES string of the molecule is CCC(C(=O)NC)N(C(=N)NC(=O)OCc1ccccc1)C(=O)OCc1ccccc1. The van der Waals surface area contributed by atoms with Crippen molar-refractivity contribution < 1.29 is 23.9 Å². The molecule has 0 radical (unpaired) electrons. The van der Waals surface area contributed by atoms with Crippen molar-refractivity contribution in [2.24, 2.45) is 0 Å². The Morgan fingerprint density at radius 2 is 1.45 bits per heavy atom. The quantitative estimate of drug-likeness (QED) is 0.464. The molecule has 0 aromatic heterocycles. The Morgan fingerprint density at radius 1 is 0.935 bits per heavy atom. The molecule has 0 aliphatic rings. The highest BCUT2D eigenvalue weighted by atomic mass is 16.6. The van der Waals surface area contributed by atoms with Gasteiger partial charge in [-0.15, -0.1) is 0 Å². The normalized spacial score (nSPS) is 11.0. The van der Waals surface area contributed by atoms with Gasteiger partial charge in [0.1, 0.15) is 19.3 Å². The Balaban J connectivity index is 2.06. The topological polar surface area (TPSA) is 121 Å². The molecule has 3 amide bonds. The fraction of sp³-hybridized carbons (Fsp3) is 0.273. The van der Waals surface area contributed by atoms with Crippen molar-refractivity contribution in [3.05, 3.63) is 71.8 Å². The van der Waals surface area contributed by atoms with Crippen LogP contribution < -0.4 is 10.6 Å². The highest BCUT2D eigenvalue weighted by Crippen LogP contribution is 2.10. The first-order chi connectivity index (χ1) is 15.0. The van der Waals surface area contributed by atoms with E-state index in [0.717, 1.165) is 16.0 Å². The second kappa shape index (κ2) is 12.0. The van der Waals surface area contributed by atoms with Gasteiger partial charge in [0.05, 0.1) is 0 Å². The van der Waals surface area contributed by atoms with Crippen molar-refractivity contribution >= 4 is 24.1 Å². The minimum Gasteiger partial charge on any atom is -0.444 e. The Morgan fingerprint density at radius 3 is 1.94 bits per heavy atom. The summed E-state index contributed by atoms with van der Waals surface area (Å²) in [5, 5.41) is 12.8. The van der Waals surface area contributed by atoms with Crippen LogP contribution in [-0.4, -0.2) is 42.0 Å². The summed E-state index contributed by atoms with van der Waals surface area (Å²) < 4.78 is 10.4. The smallest absolute Gasteiger partial charge is 0.417 e. The van der Waals surface area contributed by atoms with Crippen molar-refractivity contribution in [2.75, 3.05) is 7.05 Å². The molecule has 0 aliphatic heterocycles. The van der Waals surface area contributed by atoms with Crippen molar-refractivity contribution in [2.45, 2.75) is 32.6 Å². The van der Waals surface area contributed by atoms with Crippen LogP contribution in [0, 0.1) is 5.41 Å². The van der Waals surface area contributed by atoms with Gasteiger partial charge in [-0.05, 0) is 17.5 Å². The zero-order valence-electron chi connectivity index (χ0n) is 17.5. The lowest BCUT2D eigenvalue weighted by Gasteiger charge is -2.29. The van der Waals surface area contributed by atoms with E-state index in [2.05, 4.69) is 10.6 Å². The third-order valence-corrected chi connectivity index (χ3v) is 4.32. The summed E-state index contributed by atoms with van der Waals surface area (Å²) in [5.74, 6) is -1.12. The van der Waals surface area contributed by atoms with Crippen molar-refractivity contribution in [1.82, 2.24) is 15.5 Å². The predicted octanol–water partition coefficient (Wildman–Crippen LogP) is 3.01. The molecule has 2 aromatic carbocycles. The van der Waals surface area contributed by atoms with Crippen molar-refractivity contribution in [3.8, 4) is 0 Å². The molecule has 164 valence electrons. The Bertz CT molecular complexity index is 889. The van der Waals surface area contributed by atoms with Gasteiger partial charge in [-0.3, -0.25) is 15.5 Å². The van der Waals surface area contributed by atoms with E-state index in [1.165, 1.54) is 7.05 Å². The first kappa shape index (κ1) is 23.4. The van der Waals surface area contributed by atoms with Gasteiger partial charge in [0, 0.05) is 7.05 Å². The second-order valence-corrected chi connectivity index (χ2v) is 6.48. The summed E-state index contributed by atoms with van der Waals surface area (Å²) in [6.45, 7) is 1.62. The van der Waals surface area contributed by atoms with Crippen LogP contribution in [-0.2, 0) is 27.5 Å². The average Bonchev–Trinajstić information content (AvgIpc) is 2.80. The molecule has 1 unspecified atom stereocenters. The van der Waals surface area contributed by atoms with Gasteiger partial charge >= 0.3 is 12.2 Å². The Hall–Kier alpha value is -3.88. The fourth-order valence-corrected chi connectivity index (χ4v) is 2.73. The first-order valence-electron chi connectivity index (χ1n) is 9.74. The number of hydrogen-bond acceptors (Lipinski definition) is 6. The van der Waals surface area contributed by atoms with E-state index in [0.29, 0.717) is 0 Å². The molecule has 0 bridgehead atoms. The molecule has 0 saturated heterocycles. The molecule has 0 saturated carbocycles. The van der Waals surface area contributed by atoms with E-state index in [1.807, 2.05) is 12.1 Å². The minimum atomic E-state index is -1.05. The van der Waals surface area contributed by atoms with Gasteiger partial charge in [-0.25, -0.2) is 14.5 Å².